The maximum absolute atomic E-state index is 9.07. The van der Waals surface area contributed by atoms with Gasteiger partial charge in [-0.15, -0.1) is 0 Å². The van der Waals surface area contributed by atoms with Gasteiger partial charge in [-0.2, -0.15) is 0 Å². The van der Waals surface area contributed by atoms with Crippen molar-refractivity contribution in [3.8, 4) is 5.75 Å². The Morgan fingerprint density at radius 2 is 2.28 bits per heavy atom. The molecule has 5 heteroatoms. The fraction of sp³-hybridized carbons (Fsp3) is 0.462. The van der Waals surface area contributed by atoms with Crippen LogP contribution in [0.25, 0.3) is 11.0 Å². The maximum Gasteiger partial charge on any atom is 0.123 e. The molecule has 2 aromatic rings. The van der Waals surface area contributed by atoms with Crippen LogP contribution in [0, 0.1) is 0 Å². The summed E-state index contributed by atoms with van der Waals surface area (Å²) in [6.07, 6.45) is 0.977. The second kappa shape index (κ2) is 5.84. The van der Waals surface area contributed by atoms with Gasteiger partial charge in [0.2, 0.25) is 0 Å². The van der Waals surface area contributed by atoms with Crippen LogP contribution in [-0.2, 0) is 13.1 Å². The van der Waals surface area contributed by atoms with Gasteiger partial charge in [0.1, 0.15) is 11.6 Å². The SMILES string of the molecule is CCCOc1ccc2c(c1)nc(CN)n2CCO. The lowest BCUT2D eigenvalue weighted by molar-refractivity contribution is 0.276. The van der Waals surface area contributed by atoms with Crippen LogP contribution in [0.1, 0.15) is 19.2 Å². The van der Waals surface area contributed by atoms with Gasteiger partial charge >= 0.3 is 0 Å². The van der Waals surface area contributed by atoms with Crippen molar-refractivity contribution in [3.63, 3.8) is 0 Å². The standard InChI is InChI=1S/C13H19N3O2/c1-2-7-18-10-3-4-12-11(8-10)15-13(9-14)16(12)5-6-17/h3-4,8,17H,2,5-7,9,14H2,1H3. The first-order chi connectivity index (χ1) is 8.80. The molecular weight excluding hydrogens is 230 g/mol. The van der Waals surface area contributed by atoms with Crippen molar-refractivity contribution in [1.82, 2.24) is 9.55 Å². The summed E-state index contributed by atoms with van der Waals surface area (Å²) in [5.74, 6) is 1.60. The lowest BCUT2D eigenvalue weighted by atomic mass is 10.3. The van der Waals surface area contributed by atoms with E-state index in [-0.39, 0.29) is 6.61 Å². The first-order valence-electron chi connectivity index (χ1n) is 6.23. The third kappa shape index (κ3) is 2.47. The van der Waals surface area contributed by atoms with E-state index >= 15 is 0 Å². The van der Waals surface area contributed by atoms with Crippen molar-refractivity contribution in [2.75, 3.05) is 13.2 Å². The van der Waals surface area contributed by atoms with E-state index in [4.69, 9.17) is 15.6 Å². The highest BCUT2D eigenvalue weighted by Crippen LogP contribution is 2.22. The molecule has 1 aromatic carbocycles. The van der Waals surface area contributed by atoms with Crippen molar-refractivity contribution in [1.29, 1.82) is 0 Å². The van der Waals surface area contributed by atoms with Crippen LogP contribution in [0.2, 0.25) is 0 Å². The summed E-state index contributed by atoms with van der Waals surface area (Å²) in [7, 11) is 0. The van der Waals surface area contributed by atoms with E-state index < -0.39 is 0 Å². The van der Waals surface area contributed by atoms with Crippen molar-refractivity contribution in [3.05, 3.63) is 24.0 Å². The number of imidazole rings is 1. The van der Waals surface area contributed by atoms with Crippen molar-refractivity contribution in [2.45, 2.75) is 26.4 Å². The Hall–Kier alpha value is -1.59. The summed E-state index contributed by atoms with van der Waals surface area (Å²) in [4.78, 5) is 4.47. The summed E-state index contributed by atoms with van der Waals surface area (Å²) in [5, 5.41) is 9.07. The maximum atomic E-state index is 9.07. The number of hydrogen-bond acceptors (Lipinski definition) is 4. The molecule has 0 spiro atoms. The van der Waals surface area contributed by atoms with Gasteiger partial charge in [-0.1, -0.05) is 6.92 Å². The minimum absolute atomic E-state index is 0.0759. The number of aliphatic hydroxyl groups excluding tert-OH is 1. The molecule has 0 atom stereocenters. The van der Waals surface area contributed by atoms with Crippen LogP contribution in [0.4, 0.5) is 0 Å². The highest BCUT2D eigenvalue weighted by molar-refractivity contribution is 5.77. The molecule has 0 saturated heterocycles. The number of nitrogens with two attached hydrogens (primary N) is 1. The molecule has 0 aliphatic heterocycles. The molecule has 0 fully saturated rings. The molecule has 18 heavy (non-hydrogen) atoms. The van der Waals surface area contributed by atoms with Crippen LogP contribution in [-0.4, -0.2) is 27.9 Å². The zero-order valence-electron chi connectivity index (χ0n) is 10.6. The van der Waals surface area contributed by atoms with E-state index in [9.17, 15) is 0 Å². The van der Waals surface area contributed by atoms with E-state index in [0.29, 0.717) is 19.7 Å². The van der Waals surface area contributed by atoms with Gasteiger partial charge in [-0.25, -0.2) is 4.98 Å². The quantitative estimate of drug-likeness (QED) is 0.808. The van der Waals surface area contributed by atoms with Gasteiger partial charge in [0.25, 0.3) is 0 Å². The molecule has 98 valence electrons. The molecule has 1 aromatic heterocycles. The Balaban J connectivity index is 2.38. The number of nitrogens with zero attached hydrogens (tertiary/aromatic N) is 2. The van der Waals surface area contributed by atoms with Crippen LogP contribution < -0.4 is 10.5 Å². The summed E-state index contributed by atoms with van der Waals surface area (Å²) in [6, 6.07) is 5.80. The molecular formula is C13H19N3O2. The Morgan fingerprint density at radius 3 is 2.94 bits per heavy atom. The van der Waals surface area contributed by atoms with E-state index in [0.717, 1.165) is 29.0 Å². The Labute approximate surface area is 106 Å². The van der Waals surface area contributed by atoms with E-state index in [1.807, 2.05) is 22.8 Å². The zero-order chi connectivity index (χ0) is 13.0. The number of benzene rings is 1. The third-order valence-corrected chi connectivity index (χ3v) is 2.78. The van der Waals surface area contributed by atoms with Gasteiger partial charge in [0.15, 0.2) is 0 Å². The lowest BCUT2D eigenvalue weighted by Gasteiger charge is -2.06. The molecule has 0 unspecified atom stereocenters. The molecule has 1 heterocycles. The minimum atomic E-state index is 0.0759. The molecule has 5 nitrogen and oxygen atoms in total. The number of rotatable bonds is 6. The lowest BCUT2D eigenvalue weighted by Crippen LogP contribution is -2.10. The predicted molar refractivity (Wildman–Crippen MR) is 70.5 cm³/mol. The fourth-order valence-corrected chi connectivity index (χ4v) is 1.97. The number of hydrogen-bond donors (Lipinski definition) is 2. The second-order valence-electron chi connectivity index (χ2n) is 4.11. The van der Waals surface area contributed by atoms with Crippen molar-refractivity contribution in [2.24, 2.45) is 5.73 Å². The van der Waals surface area contributed by atoms with Crippen LogP contribution in [0.5, 0.6) is 5.75 Å². The molecule has 0 radical (unpaired) electrons. The predicted octanol–water partition coefficient (Wildman–Crippen LogP) is 1.28. The molecule has 3 N–H and O–H groups in total. The second-order valence-corrected chi connectivity index (χ2v) is 4.11. The molecule has 0 aliphatic rings. The number of aliphatic hydroxyl groups is 1. The highest BCUT2D eigenvalue weighted by Gasteiger charge is 2.09. The van der Waals surface area contributed by atoms with E-state index in [2.05, 4.69) is 11.9 Å². The first kappa shape index (κ1) is 12.9. The number of aromatic nitrogens is 2. The highest BCUT2D eigenvalue weighted by atomic mass is 16.5. The molecule has 0 aliphatic carbocycles. The smallest absolute Gasteiger partial charge is 0.123 e. The minimum Gasteiger partial charge on any atom is -0.494 e. The van der Waals surface area contributed by atoms with Gasteiger partial charge in [0, 0.05) is 12.6 Å². The van der Waals surface area contributed by atoms with Gasteiger partial charge in [-0.05, 0) is 18.6 Å². The van der Waals surface area contributed by atoms with Crippen LogP contribution in [0.3, 0.4) is 0 Å². The van der Waals surface area contributed by atoms with E-state index in [1.165, 1.54) is 0 Å². The molecule has 0 saturated carbocycles. The Bertz CT molecular complexity index is 522. The average Bonchev–Trinajstić information content (AvgIpc) is 2.74. The first-order valence-corrected chi connectivity index (χ1v) is 6.23. The molecule has 0 amide bonds. The summed E-state index contributed by atoms with van der Waals surface area (Å²) in [6.45, 7) is 3.72. The van der Waals surface area contributed by atoms with E-state index in [1.54, 1.807) is 0 Å². The van der Waals surface area contributed by atoms with Crippen LogP contribution in [0.15, 0.2) is 18.2 Å². The zero-order valence-corrected chi connectivity index (χ0v) is 10.6. The third-order valence-electron chi connectivity index (χ3n) is 2.78. The summed E-state index contributed by atoms with van der Waals surface area (Å²) in [5.41, 5.74) is 7.51. The van der Waals surface area contributed by atoms with Crippen LogP contribution >= 0.6 is 0 Å². The van der Waals surface area contributed by atoms with Gasteiger partial charge < -0.3 is 20.1 Å². The fourth-order valence-electron chi connectivity index (χ4n) is 1.97. The monoisotopic (exact) mass is 249 g/mol. The summed E-state index contributed by atoms with van der Waals surface area (Å²) < 4.78 is 7.52. The number of fused-ring (bicyclic) bond motifs is 1. The van der Waals surface area contributed by atoms with Crippen molar-refractivity contribution < 1.29 is 9.84 Å². The molecule has 2 rings (SSSR count). The Morgan fingerprint density at radius 1 is 1.44 bits per heavy atom. The van der Waals surface area contributed by atoms with Crippen molar-refractivity contribution >= 4 is 11.0 Å². The largest absolute Gasteiger partial charge is 0.494 e. The topological polar surface area (TPSA) is 73.3 Å². The average molecular weight is 249 g/mol. The molecule has 0 bridgehead atoms. The van der Waals surface area contributed by atoms with Gasteiger partial charge in [0.05, 0.1) is 30.8 Å². The Kier molecular flexibility index (Phi) is 4.17. The van der Waals surface area contributed by atoms with Gasteiger partial charge in [-0.3, -0.25) is 0 Å². The summed E-state index contributed by atoms with van der Waals surface area (Å²) >= 11 is 0. The normalized spacial score (nSPS) is 11.1. The number of ether oxygens (including phenoxy) is 1.